The molecule has 0 saturated heterocycles. The highest BCUT2D eigenvalue weighted by atomic mass is 16.5. The molecule has 1 saturated carbocycles. The van der Waals surface area contributed by atoms with E-state index in [9.17, 15) is 4.79 Å². The van der Waals surface area contributed by atoms with Gasteiger partial charge in [-0.3, -0.25) is 4.79 Å². The quantitative estimate of drug-likeness (QED) is 0.742. The maximum atomic E-state index is 12.9. The Kier molecular flexibility index (Phi) is 4.37. The highest BCUT2D eigenvalue weighted by molar-refractivity contribution is 5.84. The monoisotopic (exact) mass is 349 g/mol. The SMILES string of the molecule is COc1ccc2c(c1)nc(CNC(=O)C(c1ccccc1)C1CC1)n2C. The Hall–Kier alpha value is -2.82. The summed E-state index contributed by atoms with van der Waals surface area (Å²) < 4.78 is 7.28. The predicted octanol–water partition coefficient (Wildman–Crippen LogP) is 3.39. The number of fused-ring (bicyclic) bond motifs is 1. The zero-order valence-electron chi connectivity index (χ0n) is 15.1. The Labute approximate surface area is 153 Å². The Morgan fingerprint density at radius 2 is 2.04 bits per heavy atom. The minimum Gasteiger partial charge on any atom is -0.497 e. The predicted molar refractivity (Wildman–Crippen MR) is 101 cm³/mol. The number of aromatic nitrogens is 2. The van der Waals surface area contributed by atoms with E-state index in [-0.39, 0.29) is 11.8 Å². The van der Waals surface area contributed by atoms with Gasteiger partial charge < -0.3 is 14.6 Å². The van der Waals surface area contributed by atoms with Gasteiger partial charge in [0.25, 0.3) is 0 Å². The van der Waals surface area contributed by atoms with Gasteiger partial charge in [-0.1, -0.05) is 30.3 Å². The van der Waals surface area contributed by atoms with Crippen molar-refractivity contribution in [2.75, 3.05) is 7.11 Å². The minimum atomic E-state index is -0.0639. The zero-order chi connectivity index (χ0) is 18.1. The molecule has 1 aliphatic carbocycles. The summed E-state index contributed by atoms with van der Waals surface area (Å²) >= 11 is 0. The third kappa shape index (κ3) is 3.17. The first kappa shape index (κ1) is 16.6. The van der Waals surface area contributed by atoms with E-state index in [1.807, 2.05) is 60.1 Å². The van der Waals surface area contributed by atoms with Crippen molar-refractivity contribution in [1.29, 1.82) is 0 Å². The van der Waals surface area contributed by atoms with E-state index in [2.05, 4.69) is 10.3 Å². The molecule has 26 heavy (non-hydrogen) atoms. The molecular weight excluding hydrogens is 326 g/mol. The van der Waals surface area contributed by atoms with Crippen LogP contribution in [0.1, 0.15) is 30.1 Å². The molecule has 1 aliphatic rings. The number of carbonyl (C=O) groups is 1. The average molecular weight is 349 g/mol. The second-order valence-corrected chi connectivity index (χ2v) is 6.89. The van der Waals surface area contributed by atoms with Crippen molar-refractivity contribution >= 4 is 16.9 Å². The minimum absolute atomic E-state index is 0.0639. The third-order valence-corrected chi connectivity index (χ3v) is 5.14. The van der Waals surface area contributed by atoms with Crippen molar-refractivity contribution in [1.82, 2.24) is 14.9 Å². The van der Waals surface area contributed by atoms with E-state index in [1.165, 1.54) is 0 Å². The topological polar surface area (TPSA) is 56.1 Å². The fourth-order valence-corrected chi connectivity index (χ4v) is 3.52. The number of hydrogen-bond donors (Lipinski definition) is 1. The molecule has 0 aliphatic heterocycles. The molecule has 1 fully saturated rings. The van der Waals surface area contributed by atoms with Gasteiger partial charge in [-0.15, -0.1) is 0 Å². The summed E-state index contributed by atoms with van der Waals surface area (Å²) in [7, 11) is 3.62. The molecule has 1 N–H and O–H groups in total. The van der Waals surface area contributed by atoms with Crippen LogP contribution < -0.4 is 10.1 Å². The van der Waals surface area contributed by atoms with Gasteiger partial charge in [0.05, 0.1) is 30.6 Å². The first-order chi connectivity index (χ1) is 12.7. The molecule has 5 heteroatoms. The van der Waals surface area contributed by atoms with Crippen LogP contribution in [0.25, 0.3) is 11.0 Å². The van der Waals surface area contributed by atoms with Crippen LogP contribution in [0.5, 0.6) is 5.75 Å². The lowest BCUT2D eigenvalue weighted by molar-refractivity contribution is -0.123. The summed E-state index contributed by atoms with van der Waals surface area (Å²) in [4.78, 5) is 17.5. The van der Waals surface area contributed by atoms with Crippen molar-refractivity contribution < 1.29 is 9.53 Å². The number of nitrogens with one attached hydrogen (secondary N) is 1. The average Bonchev–Trinajstić information content (AvgIpc) is 3.45. The van der Waals surface area contributed by atoms with Gasteiger partial charge in [0.15, 0.2) is 0 Å². The first-order valence-corrected chi connectivity index (χ1v) is 8.99. The summed E-state index contributed by atoms with van der Waals surface area (Å²) in [5.74, 6) is 2.10. The maximum Gasteiger partial charge on any atom is 0.228 e. The van der Waals surface area contributed by atoms with Gasteiger partial charge >= 0.3 is 0 Å². The smallest absolute Gasteiger partial charge is 0.228 e. The van der Waals surface area contributed by atoms with Crippen LogP contribution in [0.3, 0.4) is 0 Å². The first-order valence-electron chi connectivity index (χ1n) is 8.99. The van der Waals surface area contributed by atoms with E-state index < -0.39 is 0 Å². The normalized spacial score (nSPS) is 15.0. The van der Waals surface area contributed by atoms with Crippen molar-refractivity contribution in [3.63, 3.8) is 0 Å². The number of hydrogen-bond acceptors (Lipinski definition) is 3. The summed E-state index contributed by atoms with van der Waals surface area (Å²) in [6, 6.07) is 15.9. The van der Waals surface area contributed by atoms with Crippen molar-refractivity contribution in [2.45, 2.75) is 25.3 Å². The number of amides is 1. The Bertz CT molecular complexity index is 929. The third-order valence-electron chi connectivity index (χ3n) is 5.14. The van der Waals surface area contributed by atoms with Gasteiger partial charge in [0, 0.05) is 13.1 Å². The lowest BCUT2D eigenvalue weighted by Gasteiger charge is -2.16. The fraction of sp³-hybridized carbons (Fsp3) is 0.333. The zero-order valence-corrected chi connectivity index (χ0v) is 15.1. The number of carbonyl (C=O) groups excluding carboxylic acids is 1. The molecule has 1 amide bonds. The highest BCUT2D eigenvalue weighted by Gasteiger charge is 2.37. The summed E-state index contributed by atoms with van der Waals surface area (Å²) in [6.45, 7) is 0.419. The van der Waals surface area contributed by atoms with Crippen molar-refractivity contribution in [2.24, 2.45) is 13.0 Å². The van der Waals surface area contributed by atoms with Gasteiger partial charge in [0.2, 0.25) is 5.91 Å². The highest BCUT2D eigenvalue weighted by Crippen LogP contribution is 2.42. The van der Waals surface area contributed by atoms with Crippen LogP contribution in [0, 0.1) is 5.92 Å². The number of aryl methyl sites for hydroxylation is 1. The van der Waals surface area contributed by atoms with E-state index in [0.717, 1.165) is 41.0 Å². The lowest BCUT2D eigenvalue weighted by Crippen LogP contribution is -2.31. The van der Waals surface area contributed by atoms with E-state index in [1.54, 1.807) is 7.11 Å². The largest absolute Gasteiger partial charge is 0.497 e. The molecule has 0 spiro atoms. The molecule has 134 valence electrons. The second-order valence-electron chi connectivity index (χ2n) is 6.89. The standard InChI is InChI=1S/C21H23N3O2/c1-24-18-11-10-16(26-2)12-17(18)23-19(24)13-22-21(25)20(15-8-9-15)14-6-4-3-5-7-14/h3-7,10-12,15,20H,8-9,13H2,1-2H3,(H,22,25). The number of imidazole rings is 1. The van der Waals surface area contributed by atoms with E-state index in [4.69, 9.17) is 4.74 Å². The molecule has 2 aromatic carbocycles. The van der Waals surface area contributed by atoms with E-state index >= 15 is 0 Å². The van der Waals surface area contributed by atoms with Gasteiger partial charge in [-0.05, 0) is 36.5 Å². The van der Waals surface area contributed by atoms with Crippen molar-refractivity contribution in [3.8, 4) is 5.75 Å². The van der Waals surface area contributed by atoms with Crippen LogP contribution in [-0.2, 0) is 18.4 Å². The van der Waals surface area contributed by atoms with Crippen LogP contribution in [-0.4, -0.2) is 22.6 Å². The Morgan fingerprint density at radius 3 is 2.73 bits per heavy atom. The summed E-state index contributed by atoms with van der Waals surface area (Å²) in [5.41, 5.74) is 3.00. The Morgan fingerprint density at radius 1 is 1.27 bits per heavy atom. The van der Waals surface area contributed by atoms with Crippen molar-refractivity contribution in [3.05, 3.63) is 59.9 Å². The molecule has 3 aromatic rings. The molecule has 5 nitrogen and oxygen atoms in total. The molecule has 1 unspecified atom stereocenters. The van der Waals surface area contributed by atoms with Crippen LogP contribution in [0.4, 0.5) is 0 Å². The van der Waals surface area contributed by atoms with E-state index in [0.29, 0.717) is 12.5 Å². The maximum absolute atomic E-state index is 12.9. The van der Waals surface area contributed by atoms with Crippen LogP contribution in [0.15, 0.2) is 48.5 Å². The van der Waals surface area contributed by atoms with Crippen LogP contribution in [0.2, 0.25) is 0 Å². The fourth-order valence-electron chi connectivity index (χ4n) is 3.52. The molecule has 1 aromatic heterocycles. The van der Waals surface area contributed by atoms with Gasteiger partial charge in [-0.2, -0.15) is 0 Å². The van der Waals surface area contributed by atoms with Crippen LogP contribution >= 0.6 is 0 Å². The lowest BCUT2D eigenvalue weighted by atomic mass is 9.93. The summed E-state index contributed by atoms with van der Waals surface area (Å²) in [6.07, 6.45) is 2.25. The Balaban J connectivity index is 1.52. The number of benzene rings is 2. The summed E-state index contributed by atoms with van der Waals surface area (Å²) in [5, 5.41) is 3.10. The molecule has 1 heterocycles. The number of rotatable bonds is 6. The molecule has 1 atom stereocenters. The molecular formula is C21H23N3O2. The molecule has 4 rings (SSSR count). The number of methoxy groups -OCH3 is 1. The van der Waals surface area contributed by atoms with Gasteiger partial charge in [-0.25, -0.2) is 4.98 Å². The van der Waals surface area contributed by atoms with Gasteiger partial charge in [0.1, 0.15) is 11.6 Å². The number of ether oxygens (including phenoxy) is 1. The molecule has 0 radical (unpaired) electrons. The second kappa shape index (κ2) is 6.83. The number of nitrogens with zero attached hydrogens (tertiary/aromatic N) is 2. The molecule has 0 bridgehead atoms.